The van der Waals surface area contributed by atoms with Gasteiger partial charge in [0.2, 0.25) is 0 Å². The summed E-state index contributed by atoms with van der Waals surface area (Å²) in [6, 6.07) is 0. The highest BCUT2D eigenvalue weighted by molar-refractivity contribution is 6.31. The largest absolute Gasteiger partial charge is 0.386 e. The third-order valence-corrected chi connectivity index (χ3v) is 2.58. The highest BCUT2D eigenvalue weighted by Gasteiger charge is 2.33. The van der Waals surface area contributed by atoms with Crippen molar-refractivity contribution in [3.8, 4) is 0 Å². The molecule has 4 heteroatoms. The lowest BCUT2D eigenvalue weighted by atomic mass is 10.2. The molecule has 1 aromatic rings. The predicted molar refractivity (Wildman–Crippen MR) is 45.9 cm³/mol. The lowest BCUT2D eigenvalue weighted by Gasteiger charge is -2.09. The third-order valence-electron chi connectivity index (χ3n) is 2.29. The summed E-state index contributed by atoms with van der Waals surface area (Å²) in [7, 11) is 1.80. The van der Waals surface area contributed by atoms with Crippen LogP contribution in [0, 0.1) is 5.92 Å². The zero-order chi connectivity index (χ0) is 8.72. The standard InChI is InChI=1S/C8H11ClN2O/c1-11-7(6(9)4-10-11)8(12)5-2-3-5/h4-5,8,12H,2-3H2,1H3. The number of aromatic nitrogens is 2. The summed E-state index contributed by atoms with van der Waals surface area (Å²) in [6.07, 6.45) is 3.35. The number of hydrogen-bond donors (Lipinski definition) is 1. The lowest BCUT2D eigenvalue weighted by Crippen LogP contribution is -2.07. The van der Waals surface area contributed by atoms with Crippen LogP contribution < -0.4 is 0 Å². The molecular formula is C8H11ClN2O. The average molecular weight is 187 g/mol. The van der Waals surface area contributed by atoms with E-state index in [1.807, 2.05) is 0 Å². The highest BCUT2D eigenvalue weighted by Crippen LogP contribution is 2.42. The first-order valence-electron chi connectivity index (χ1n) is 4.05. The molecule has 1 heterocycles. The van der Waals surface area contributed by atoms with Gasteiger partial charge >= 0.3 is 0 Å². The summed E-state index contributed by atoms with van der Waals surface area (Å²) >= 11 is 5.87. The summed E-state index contributed by atoms with van der Waals surface area (Å²) in [4.78, 5) is 0. The van der Waals surface area contributed by atoms with Gasteiger partial charge in [-0.05, 0) is 18.8 Å². The number of rotatable bonds is 2. The Morgan fingerprint density at radius 2 is 2.42 bits per heavy atom. The van der Waals surface area contributed by atoms with Crippen LogP contribution in [0.4, 0.5) is 0 Å². The van der Waals surface area contributed by atoms with E-state index >= 15 is 0 Å². The number of hydrogen-bond acceptors (Lipinski definition) is 2. The summed E-state index contributed by atoms with van der Waals surface area (Å²) < 4.78 is 1.64. The second-order valence-corrected chi connectivity index (χ2v) is 3.69. The first-order valence-corrected chi connectivity index (χ1v) is 4.43. The van der Waals surface area contributed by atoms with Crippen molar-refractivity contribution in [2.45, 2.75) is 18.9 Å². The van der Waals surface area contributed by atoms with E-state index in [1.54, 1.807) is 17.9 Å². The molecule has 0 bridgehead atoms. The normalized spacial score (nSPS) is 19.6. The summed E-state index contributed by atoms with van der Waals surface area (Å²) in [6.45, 7) is 0. The van der Waals surface area contributed by atoms with Gasteiger partial charge in [-0.1, -0.05) is 11.6 Å². The van der Waals surface area contributed by atoms with Crippen LogP contribution >= 0.6 is 11.6 Å². The molecule has 0 radical (unpaired) electrons. The monoisotopic (exact) mass is 186 g/mol. The molecule has 0 spiro atoms. The number of aryl methyl sites for hydroxylation is 1. The van der Waals surface area contributed by atoms with E-state index in [1.165, 1.54) is 0 Å². The average Bonchev–Trinajstić information content (AvgIpc) is 2.79. The van der Waals surface area contributed by atoms with Gasteiger partial charge < -0.3 is 5.11 Å². The van der Waals surface area contributed by atoms with E-state index in [-0.39, 0.29) is 0 Å². The fourth-order valence-electron chi connectivity index (χ4n) is 1.39. The second kappa shape index (κ2) is 2.75. The van der Waals surface area contributed by atoms with Crippen molar-refractivity contribution in [2.75, 3.05) is 0 Å². The van der Waals surface area contributed by atoms with Gasteiger partial charge in [0.1, 0.15) is 0 Å². The molecular weight excluding hydrogens is 176 g/mol. The molecule has 1 aliphatic carbocycles. The zero-order valence-corrected chi connectivity index (χ0v) is 7.62. The maximum atomic E-state index is 9.77. The predicted octanol–water partition coefficient (Wildman–Crippen LogP) is 1.52. The van der Waals surface area contributed by atoms with E-state index < -0.39 is 6.10 Å². The maximum absolute atomic E-state index is 9.77. The molecule has 0 amide bonds. The molecule has 1 aromatic heterocycles. The van der Waals surface area contributed by atoms with Crippen molar-refractivity contribution in [3.05, 3.63) is 16.9 Å². The number of halogens is 1. The fraction of sp³-hybridized carbons (Fsp3) is 0.625. The van der Waals surface area contributed by atoms with Gasteiger partial charge in [-0.3, -0.25) is 4.68 Å². The second-order valence-electron chi connectivity index (χ2n) is 3.28. The molecule has 12 heavy (non-hydrogen) atoms. The van der Waals surface area contributed by atoms with Crippen LogP contribution in [-0.2, 0) is 7.05 Å². The quantitative estimate of drug-likeness (QED) is 0.761. The topological polar surface area (TPSA) is 38.0 Å². The lowest BCUT2D eigenvalue weighted by molar-refractivity contribution is 0.144. The molecule has 0 aliphatic heterocycles. The van der Waals surface area contributed by atoms with Crippen molar-refractivity contribution in [1.82, 2.24) is 9.78 Å². The van der Waals surface area contributed by atoms with E-state index in [4.69, 9.17) is 11.6 Å². The highest BCUT2D eigenvalue weighted by atomic mass is 35.5. The van der Waals surface area contributed by atoms with Crippen LogP contribution in [0.2, 0.25) is 5.02 Å². The molecule has 1 atom stereocenters. The van der Waals surface area contributed by atoms with Gasteiger partial charge in [0.25, 0.3) is 0 Å². The Morgan fingerprint density at radius 1 is 1.75 bits per heavy atom. The summed E-state index contributed by atoms with van der Waals surface area (Å²) in [5.41, 5.74) is 0.749. The first kappa shape index (κ1) is 8.08. The van der Waals surface area contributed by atoms with Gasteiger partial charge in [-0.15, -0.1) is 0 Å². The van der Waals surface area contributed by atoms with Gasteiger partial charge in [-0.2, -0.15) is 5.10 Å². The zero-order valence-electron chi connectivity index (χ0n) is 6.87. The van der Waals surface area contributed by atoms with Crippen LogP contribution in [0.25, 0.3) is 0 Å². The third kappa shape index (κ3) is 1.23. The minimum absolute atomic E-state index is 0.401. The van der Waals surface area contributed by atoms with Crippen LogP contribution in [0.3, 0.4) is 0 Å². The van der Waals surface area contributed by atoms with Gasteiger partial charge in [-0.25, -0.2) is 0 Å². The Morgan fingerprint density at radius 3 is 2.83 bits per heavy atom. The molecule has 3 nitrogen and oxygen atoms in total. The van der Waals surface area contributed by atoms with Crippen LogP contribution in [0.1, 0.15) is 24.6 Å². The van der Waals surface area contributed by atoms with Crippen molar-refractivity contribution in [3.63, 3.8) is 0 Å². The Hall–Kier alpha value is -0.540. The number of aliphatic hydroxyl groups is 1. The minimum Gasteiger partial charge on any atom is -0.386 e. The van der Waals surface area contributed by atoms with E-state index in [9.17, 15) is 5.11 Å². The Labute approximate surface area is 76.0 Å². The number of nitrogens with zero attached hydrogens (tertiary/aromatic N) is 2. The SMILES string of the molecule is Cn1ncc(Cl)c1C(O)C1CC1. The van der Waals surface area contributed by atoms with E-state index in [0.717, 1.165) is 18.5 Å². The molecule has 2 rings (SSSR count). The minimum atomic E-state index is -0.426. The van der Waals surface area contributed by atoms with Gasteiger partial charge in [0.15, 0.2) is 0 Å². The maximum Gasteiger partial charge on any atom is 0.0999 e. The molecule has 1 unspecified atom stereocenters. The fourth-order valence-corrected chi connectivity index (χ4v) is 1.67. The number of aliphatic hydroxyl groups excluding tert-OH is 1. The smallest absolute Gasteiger partial charge is 0.0999 e. The van der Waals surface area contributed by atoms with Crippen molar-refractivity contribution < 1.29 is 5.11 Å². The molecule has 1 fully saturated rings. The summed E-state index contributed by atoms with van der Waals surface area (Å²) in [5, 5.41) is 14.3. The Kier molecular flexibility index (Phi) is 1.85. The van der Waals surface area contributed by atoms with Crippen LogP contribution in [0.15, 0.2) is 6.20 Å². The molecule has 0 saturated heterocycles. The van der Waals surface area contributed by atoms with E-state index in [2.05, 4.69) is 5.10 Å². The molecule has 1 N–H and O–H groups in total. The van der Waals surface area contributed by atoms with Gasteiger partial charge in [0.05, 0.1) is 23.0 Å². The van der Waals surface area contributed by atoms with Crippen LogP contribution in [-0.4, -0.2) is 14.9 Å². The molecule has 1 saturated carbocycles. The first-order chi connectivity index (χ1) is 5.70. The van der Waals surface area contributed by atoms with E-state index in [0.29, 0.717) is 10.9 Å². The summed E-state index contributed by atoms with van der Waals surface area (Å²) in [5.74, 6) is 0.401. The molecule has 1 aliphatic rings. The molecule has 0 aromatic carbocycles. The Bertz CT molecular complexity index is 274. The van der Waals surface area contributed by atoms with Crippen molar-refractivity contribution in [1.29, 1.82) is 0 Å². The van der Waals surface area contributed by atoms with Crippen LogP contribution in [0.5, 0.6) is 0 Å². The Balaban J connectivity index is 2.30. The van der Waals surface area contributed by atoms with Crippen molar-refractivity contribution in [2.24, 2.45) is 13.0 Å². The van der Waals surface area contributed by atoms with Crippen molar-refractivity contribution >= 4 is 11.6 Å². The van der Waals surface area contributed by atoms with Gasteiger partial charge in [0, 0.05) is 7.05 Å². The molecule has 66 valence electrons.